The molecule has 2 rings (SSSR count). The van der Waals surface area contributed by atoms with Crippen molar-refractivity contribution in [2.24, 2.45) is 7.05 Å². The molecule has 0 radical (unpaired) electrons. The Balaban J connectivity index is 2.14. The van der Waals surface area contributed by atoms with Crippen molar-refractivity contribution in [1.82, 2.24) is 14.7 Å². The van der Waals surface area contributed by atoms with E-state index in [1.54, 1.807) is 4.68 Å². The number of halogens is 1. The highest BCUT2D eigenvalue weighted by Gasteiger charge is 2.26. The van der Waals surface area contributed by atoms with Crippen LogP contribution in [0.5, 0.6) is 0 Å². The Morgan fingerprint density at radius 2 is 2.18 bits per heavy atom. The van der Waals surface area contributed by atoms with Gasteiger partial charge in [-0.3, -0.25) is 9.58 Å². The molecule has 1 aliphatic rings. The molecule has 0 bridgehead atoms. The van der Waals surface area contributed by atoms with Gasteiger partial charge in [-0.15, -0.1) is 0 Å². The van der Waals surface area contributed by atoms with Crippen molar-refractivity contribution in [1.29, 1.82) is 0 Å². The quantitative estimate of drug-likeness (QED) is 0.827. The number of rotatable bonds is 2. The third-order valence-corrected chi connectivity index (χ3v) is 5.46. The maximum Gasteiger partial charge on any atom is 0.131 e. The Morgan fingerprint density at radius 1 is 1.47 bits per heavy atom. The van der Waals surface area contributed by atoms with E-state index >= 15 is 0 Å². The third kappa shape index (κ3) is 2.64. The summed E-state index contributed by atoms with van der Waals surface area (Å²) in [6, 6.07) is 0.601. The molecule has 0 amide bonds. The molecule has 0 spiro atoms. The van der Waals surface area contributed by atoms with Crippen LogP contribution in [-0.2, 0) is 13.6 Å². The van der Waals surface area contributed by atoms with E-state index in [1.807, 2.05) is 14.0 Å². The summed E-state index contributed by atoms with van der Waals surface area (Å²) in [5.41, 5.74) is 2.23. The second-order valence-corrected chi connectivity index (χ2v) is 6.61. The monoisotopic (exact) mass is 273 g/mol. The second-order valence-electron chi connectivity index (χ2n) is 4.77. The van der Waals surface area contributed by atoms with Crippen LogP contribution in [-0.4, -0.2) is 38.3 Å². The second kappa shape index (κ2) is 5.21. The van der Waals surface area contributed by atoms with Crippen molar-refractivity contribution in [2.75, 3.05) is 12.3 Å². The Kier molecular flexibility index (Phi) is 4.06. The molecule has 0 aromatic carbocycles. The molecule has 2 unspecified atom stereocenters. The fourth-order valence-corrected chi connectivity index (χ4v) is 3.67. The van der Waals surface area contributed by atoms with Crippen molar-refractivity contribution in [3.63, 3.8) is 0 Å². The van der Waals surface area contributed by atoms with E-state index in [1.165, 1.54) is 11.3 Å². The van der Waals surface area contributed by atoms with Gasteiger partial charge in [-0.25, -0.2) is 0 Å². The van der Waals surface area contributed by atoms with E-state index < -0.39 is 0 Å². The van der Waals surface area contributed by atoms with Gasteiger partial charge in [0.2, 0.25) is 0 Å². The topological polar surface area (TPSA) is 21.1 Å². The number of aromatic nitrogens is 2. The average molecular weight is 274 g/mol. The summed E-state index contributed by atoms with van der Waals surface area (Å²) in [5, 5.41) is 5.85. The molecular weight excluding hydrogens is 254 g/mol. The van der Waals surface area contributed by atoms with Crippen LogP contribution >= 0.6 is 23.4 Å². The summed E-state index contributed by atoms with van der Waals surface area (Å²) in [4.78, 5) is 2.51. The molecule has 2 atom stereocenters. The SMILES string of the molecule is Cc1nn(C)c(Cl)c1CN1CCSC(C)C1C. The van der Waals surface area contributed by atoms with Crippen molar-refractivity contribution in [2.45, 2.75) is 38.6 Å². The van der Waals surface area contributed by atoms with Crippen molar-refractivity contribution < 1.29 is 0 Å². The van der Waals surface area contributed by atoms with Gasteiger partial charge in [0.05, 0.1) is 5.69 Å². The minimum Gasteiger partial charge on any atom is -0.294 e. The highest BCUT2D eigenvalue weighted by atomic mass is 35.5. The zero-order valence-electron chi connectivity index (χ0n) is 10.9. The van der Waals surface area contributed by atoms with E-state index in [2.05, 4.69) is 35.6 Å². The van der Waals surface area contributed by atoms with E-state index in [0.29, 0.717) is 11.3 Å². The number of aryl methyl sites for hydroxylation is 2. The summed E-state index contributed by atoms with van der Waals surface area (Å²) in [6.45, 7) is 8.70. The van der Waals surface area contributed by atoms with Crippen LogP contribution in [0.3, 0.4) is 0 Å². The maximum absolute atomic E-state index is 6.29. The molecule has 1 aromatic heterocycles. The van der Waals surface area contributed by atoms with Gasteiger partial charge in [-0.1, -0.05) is 18.5 Å². The number of hydrogen-bond donors (Lipinski definition) is 0. The highest BCUT2D eigenvalue weighted by Crippen LogP contribution is 2.28. The van der Waals surface area contributed by atoms with Gasteiger partial charge >= 0.3 is 0 Å². The first-order chi connectivity index (χ1) is 8.00. The minimum absolute atomic E-state index is 0.601. The molecule has 1 fully saturated rings. The summed E-state index contributed by atoms with van der Waals surface area (Å²) < 4.78 is 1.76. The van der Waals surface area contributed by atoms with Gasteiger partial charge in [-0.05, 0) is 13.8 Å². The van der Waals surface area contributed by atoms with Gasteiger partial charge in [0.25, 0.3) is 0 Å². The molecular formula is C12H20ClN3S. The van der Waals surface area contributed by atoms with Crippen LogP contribution in [0.4, 0.5) is 0 Å². The normalized spacial score (nSPS) is 26.4. The first-order valence-corrected chi connectivity index (χ1v) is 7.47. The van der Waals surface area contributed by atoms with Crippen molar-refractivity contribution >= 4 is 23.4 Å². The fourth-order valence-electron chi connectivity index (χ4n) is 2.28. The summed E-state index contributed by atoms with van der Waals surface area (Å²) in [7, 11) is 1.90. The van der Waals surface area contributed by atoms with Crippen LogP contribution in [0.2, 0.25) is 5.15 Å². The molecule has 0 aliphatic carbocycles. The Labute approximate surface area is 113 Å². The zero-order chi connectivity index (χ0) is 12.6. The predicted molar refractivity (Wildman–Crippen MR) is 74.7 cm³/mol. The van der Waals surface area contributed by atoms with Crippen LogP contribution < -0.4 is 0 Å². The number of nitrogens with zero attached hydrogens (tertiary/aromatic N) is 3. The van der Waals surface area contributed by atoms with Crippen LogP contribution in [0.1, 0.15) is 25.1 Å². The molecule has 1 aliphatic heterocycles. The maximum atomic E-state index is 6.29. The molecule has 3 nitrogen and oxygen atoms in total. The smallest absolute Gasteiger partial charge is 0.131 e. The van der Waals surface area contributed by atoms with Crippen LogP contribution in [0.25, 0.3) is 0 Å². The van der Waals surface area contributed by atoms with Gasteiger partial charge in [-0.2, -0.15) is 16.9 Å². The number of hydrogen-bond acceptors (Lipinski definition) is 3. The lowest BCUT2D eigenvalue weighted by molar-refractivity contribution is 0.204. The lowest BCUT2D eigenvalue weighted by Gasteiger charge is -2.37. The third-order valence-electron chi connectivity index (χ3n) is 3.65. The van der Waals surface area contributed by atoms with E-state index in [4.69, 9.17) is 11.6 Å². The van der Waals surface area contributed by atoms with Crippen molar-refractivity contribution in [3.8, 4) is 0 Å². The van der Waals surface area contributed by atoms with Crippen LogP contribution in [0, 0.1) is 6.92 Å². The molecule has 1 aromatic rings. The lowest BCUT2D eigenvalue weighted by atomic mass is 10.1. The van der Waals surface area contributed by atoms with Gasteiger partial charge in [0.1, 0.15) is 5.15 Å². The first-order valence-electron chi connectivity index (χ1n) is 6.04. The Hall–Kier alpha value is -0.190. The highest BCUT2D eigenvalue weighted by molar-refractivity contribution is 8.00. The summed E-state index contributed by atoms with van der Waals surface area (Å²) in [6.07, 6.45) is 0. The standard InChI is InChI=1S/C12H20ClN3S/c1-8-11(12(13)15(4)14-8)7-16-5-6-17-10(3)9(16)2/h9-10H,5-7H2,1-4H3. The fraction of sp³-hybridized carbons (Fsp3) is 0.750. The van der Waals surface area contributed by atoms with Gasteiger partial charge in [0, 0.05) is 42.7 Å². The molecule has 2 heterocycles. The first kappa shape index (κ1) is 13.2. The molecule has 0 N–H and O–H groups in total. The van der Waals surface area contributed by atoms with Crippen LogP contribution in [0.15, 0.2) is 0 Å². The van der Waals surface area contributed by atoms with E-state index in [0.717, 1.165) is 23.9 Å². The molecule has 17 heavy (non-hydrogen) atoms. The number of thioether (sulfide) groups is 1. The van der Waals surface area contributed by atoms with E-state index in [-0.39, 0.29) is 0 Å². The Morgan fingerprint density at radius 3 is 2.76 bits per heavy atom. The largest absolute Gasteiger partial charge is 0.294 e. The molecule has 96 valence electrons. The van der Waals surface area contributed by atoms with Crippen molar-refractivity contribution in [3.05, 3.63) is 16.4 Å². The summed E-state index contributed by atoms with van der Waals surface area (Å²) in [5.74, 6) is 1.21. The average Bonchev–Trinajstić information content (AvgIpc) is 2.51. The summed E-state index contributed by atoms with van der Waals surface area (Å²) >= 11 is 8.34. The molecule has 5 heteroatoms. The lowest BCUT2D eigenvalue weighted by Crippen LogP contribution is -2.44. The minimum atomic E-state index is 0.601. The molecule has 0 saturated carbocycles. The zero-order valence-corrected chi connectivity index (χ0v) is 12.5. The van der Waals surface area contributed by atoms with Gasteiger partial charge < -0.3 is 0 Å². The van der Waals surface area contributed by atoms with E-state index in [9.17, 15) is 0 Å². The van der Waals surface area contributed by atoms with Gasteiger partial charge in [0.15, 0.2) is 0 Å². The predicted octanol–water partition coefficient (Wildman–Crippen LogP) is 2.71. The molecule has 1 saturated heterocycles. The Bertz CT molecular complexity index is 405.